The van der Waals surface area contributed by atoms with Crippen LogP contribution in [-0.4, -0.2) is 102 Å². The Labute approximate surface area is 299 Å². The summed E-state index contributed by atoms with van der Waals surface area (Å²) in [6, 6.07) is 19.1. The highest BCUT2D eigenvalue weighted by atomic mass is 32.1. The van der Waals surface area contributed by atoms with Crippen LogP contribution in [0.4, 0.5) is 0 Å². The topological polar surface area (TPSA) is 93.1 Å². The number of hydrogen-bond donors (Lipinski definition) is 2. The van der Waals surface area contributed by atoms with Crippen molar-refractivity contribution in [2.24, 2.45) is 0 Å². The largest absolute Gasteiger partial charge is 0.461 e. The summed E-state index contributed by atoms with van der Waals surface area (Å²) in [4.78, 5) is 26.9. The van der Waals surface area contributed by atoms with E-state index in [0.717, 1.165) is 40.2 Å². The van der Waals surface area contributed by atoms with E-state index >= 15 is 0 Å². The highest BCUT2D eigenvalue weighted by molar-refractivity contribution is 7.12. The van der Waals surface area contributed by atoms with E-state index in [4.69, 9.17) is 9.47 Å². The van der Waals surface area contributed by atoms with Crippen molar-refractivity contribution in [1.82, 2.24) is 0 Å². The molecule has 266 valence electrons. The summed E-state index contributed by atoms with van der Waals surface area (Å²) in [6.07, 6.45) is 9.72. The van der Waals surface area contributed by atoms with E-state index in [1.165, 1.54) is 61.3 Å². The molecule has 4 fully saturated rings. The predicted octanol–water partition coefficient (Wildman–Crippen LogP) is 6.21. The van der Waals surface area contributed by atoms with Crippen molar-refractivity contribution < 1.29 is 38.2 Å². The Morgan fingerprint density at radius 3 is 1.80 bits per heavy atom. The smallest absolute Gasteiger partial charge is 0.349 e. The van der Waals surface area contributed by atoms with Gasteiger partial charge in [0.1, 0.15) is 18.1 Å². The number of benzene rings is 1. The summed E-state index contributed by atoms with van der Waals surface area (Å²) in [5, 5.41) is 24.7. The van der Waals surface area contributed by atoms with Crippen LogP contribution in [0, 0.1) is 0 Å². The molecular formula is C39H54N2O6S2+2. The SMILES string of the molecule is CCC[N+]1(C)C2CCC1CC(OC(=O)C(CO)c1ccccc1)C2.C[N+]1(C)C2CCC1CC(OC(=O)C(O)(c1cccs1)c1cccs1)C2. The Balaban J connectivity index is 0.000000170. The van der Waals surface area contributed by atoms with Crippen molar-refractivity contribution >= 4 is 34.6 Å². The zero-order valence-corrected chi connectivity index (χ0v) is 31.0. The van der Waals surface area contributed by atoms with E-state index in [9.17, 15) is 19.8 Å². The summed E-state index contributed by atoms with van der Waals surface area (Å²) in [6.45, 7) is 3.27. The quantitative estimate of drug-likeness (QED) is 0.192. The predicted molar refractivity (Wildman–Crippen MR) is 193 cm³/mol. The molecule has 1 aromatic carbocycles. The normalized spacial score (nSPS) is 30.6. The minimum Gasteiger partial charge on any atom is -0.461 e. The van der Waals surface area contributed by atoms with Gasteiger partial charge >= 0.3 is 11.9 Å². The number of piperidine rings is 2. The Bertz CT molecular complexity index is 1460. The Morgan fingerprint density at radius 1 is 0.796 bits per heavy atom. The molecule has 4 aliphatic rings. The minimum atomic E-state index is -1.69. The summed E-state index contributed by atoms with van der Waals surface area (Å²) in [7, 11) is 6.95. The number of quaternary nitrogens is 2. The van der Waals surface area contributed by atoms with Gasteiger partial charge in [0.25, 0.3) is 0 Å². The molecule has 49 heavy (non-hydrogen) atoms. The molecule has 0 aliphatic carbocycles. The molecule has 0 saturated carbocycles. The van der Waals surface area contributed by atoms with Crippen molar-refractivity contribution in [1.29, 1.82) is 0 Å². The lowest BCUT2D eigenvalue weighted by molar-refractivity contribution is -0.949. The lowest BCUT2D eigenvalue weighted by Gasteiger charge is -2.46. The first kappa shape index (κ1) is 36.2. The van der Waals surface area contributed by atoms with Gasteiger partial charge in [-0.05, 0) is 34.9 Å². The van der Waals surface area contributed by atoms with Crippen LogP contribution in [0.1, 0.15) is 85.9 Å². The number of aliphatic hydroxyl groups is 2. The van der Waals surface area contributed by atoms with Crippen molar-refractivity contribution in [2.45, 2.75) is 113 Å². The lowest BCUT2D eigenvalue weighted by atomic mass is 9.95. The maximum absolute atomic E-state index is 13.1. The number of thiophene rings is 2. The van der Waals surface area contributed by atoms with E-state index < -0.39 is 17.5 Å². The van der Waals surface area contributed by atoms with Crippen molar-refractivity contribution in [3.8, 4) is 0 Å². The van der Waals surface area contributed by atoms with Gasteiger partial charge in [-0.15, -0.1) is 22.7 Å². The molecule has 4 aliphatic heterocycles. The first-order valence-corrected chi connectivity index (χ1v) is 19.8. The highest BCUT2D eigenvalue weighted by Gasteiger charge is 2.53. The van der Waals surface area contributed by atoms with Crippen LogP contribution in [0.3, 0.4) is 0 Å². The average molecular weight is 711 g/mol. The molecule has 3 aromatic rings. The number of carbonyl (C=O) groups excluding carboxylic acids is 2. The fourth-order valence-corrected chi connectivity index (χ4v) is 11.1. The van der Waals surface area contributed by atoms with Gasteiger partial charge in [-0.2, -0.15) is 0 Å². The van der Waals surface area contributed by atoms with E-state index in [-0.39, 0.29) is 24.8 Å². The van der Waals surface area contributed by atoms with Crippen molar-refractivity contribution in [3.05, 3.63) is 80.7 Å². The second-order valence-corrected chi connectivity index (χ2v) is 17.2. The molecule has 5 atom stereocenters. The van der Waals surface area contributed by atoms with Crippen LogP contribution in [-0.2, 0) is 24.7 Å². The van der Waals surface area contributed by atoms with Gasteiger partial charge in [-0.3, -0.25) is 4.79 Å². The first-order chi connectivity index (χ1) is 23.5. The lowest BCUT2D eigenvalue weighted by Crippen LogP contribution is -2.59. The number of ether oxygens (including phenoxy) is 2. The molecule has 0 radical (unpaired) electrons. The number of nitrogens with zero attached hydrogens (tertiary/aromatic N) is 2. The third-order valence-corrected chi connectivity index (χ3v) is 14.3. The van der Waals surface area contributed by atoms with Crippen LogP contribution < -0.4 is 0 Å². The maximum atomic E-state index is 13.1. The van der Waals surface area contributed by atoms with E-state index in [2.05, 4.69) is 28.1 Å². The summed E-state index contributed by atoms with van der Waals surface area (Å²) >= 11 is 2.77. The number of esters is 2. The zero-order chi connectivity index (χ0) is 34.8. The second kappa shape index (κ2) is 14.9. The highest BCUT2D eigenvalue weighted by Crippen LogP contribution is 2.44. The van der Waals surface area contributed by atoms with Gasteiger partial charge in [-0.1, -0.05) is 49.4 Å². The zero-order valence-electron chi connectivity index (χ0n) is 29.4. The third kappa shape index (κ3) is 7.14. The molecule has 2 aromatic heterocycles. The maximum Gasteiger partial charge on any atom is 0.349 e. The van der Waals surface area contributed by atoms with Crippen LogP contribution >= 0.6 is 22.7 Å². The number of carbonyl (C=O) groups is 2. The fourth-order valence-electron chi connectivity index (χ4n) is 9.34. The second-order valence-electron chi connectivity index (χ2n) is 15.3. The van der Waals surface area contributed by atoms with Gasteiger partial charge in [0.2, 0.25) is 5.60 Å². The van der Waals surface area contributed by atoms with Gasteiger partial charge in [0.15, 0.2) is 0 Å². The van der Waals surface area contributed by atoms with Gasteiger partial charge in [-0.25, -0.2) is 4.79 Å². The Morgan fingerprint density at radius 2 is 1.31 bits per heavy atom. The van der Waals surface area contributed by atoms with Gasteiger partial charge in [0.05, 0.1) is 68.2 Å². The number of hydrogen-bond acceptors (Lipinski definition) is 8. The molecule has 10 heteroatoms. The summed E-state index contributed by atoms with van der Waals surface area (Å²) in [5.41, 5.74) is -0.862. The van der Waals surface area contributed by atoms with Gasteiger partial charge in [0, 0.05) is 51.4 Å². The first-order valence-electron chi connectivity index (χ1n) is 18.1. The number of fused-ring (bicyclic) bond motifs is 4. The van der Waals surface area contributed by atoms with Crippen molar-refractivity contribution in [3.63, 3.8) is 0 Å². The molecule has 4 bridgehead atoms. The minimum absolute atomic E-state index is 0.0100. The molecule has 5 unspecified atom stereocenters. The fraction of sp³-hybridized carbons (Fsp3) is 0.590. The van der Waals surface area contributed by atoms with E-state index in [1.54, 1.807) is 12.1 Å². The molecule has 4 saturated heterocycles. The summed E-state index contributed by atoms with van der Waals surface area (Å²) in [5.74, 6) is -1.38. The third-order valence-electron chi connectivity index (χ3n) is 12.3. The molecular weight excluding hydrogens is 657 g/mol. The summed E-state index contributed by atoms with van der Waals surface area (Å²) < 4.78 is 13.9. The standard InChI is InChI=1S/C20H30NO3.C19H24NO3S2/c1-3-11-21(2)16-9-10-17(21)13-18(12-16)24-20(23)19(14-22)15-7-5-4-6-8-15;1-20(2)13-7-8-14(20)12-15(11-13)23-18(21)19(22,16-5-3-9-24-16)17-6-4-10-25-17/h4-8,16-19,22H,3,9-14H2,1-2H3;3-6,9-10,13-15,22H,7-8,11-12H2,1-2H3/q2*+1. The number of rotatable bonds is 10. The van der Waals surface area contributed by atoms with Crippen LogP contribution in [0.15, 0.2) is 65.4 Å². The average Bonchev–Trinajstić information content (AvgIpc) is 3.86. The molecule has 7 rings (SSSR count). The van der Waals surface area contributed by atoms with E-state index in [1.807, 2.05) is 53.2 Å². The van der Waals surface area contributed by atoms with Gasteiger partial charge < -0.3 is 28.7 Å². The Hall–Kier alpha value is -2.60. The van der Waals surface area contributed by atoms with E-state index in [0.29, 0.717) is 33.9 Å². The van der Waals surface area contributed by atoms with Crippen LogP contribution in [0.2, 0.25) is 0 Å². The molecule has 2 N–H and O–H groups in total. The van der Waals surface area contributed by atoms with Crippen molar-refractivity contribution in [2.75, 3.05) is 34.3 Å². The van der Waals surface area contributed by atoms with Crippen LogP contribution in [0.5, 0.6) is 0 Å². The molecule has 0 spiro atoms. The number of aliphatic hydroxyl groups excluding tert-OH is 1. The molecule has 6 heterocycles. The molecule has 0 amide bonds. The van der Waals surface area contributed by atoms with Crippen LogP contribution in [0.25, 0.3) is 0 Å². The Kier molecular flexibility index (Phi) is 11.0. The monoisotopic (exact) mass is 710 g/mol. The molecule has 8 nitrogen and oxygen atoms in total.